The molecule has 2 heterocycles. The number of benzene rings is 2. The Morgan fingerprint density at radius 2 is 1.54 bits per heavy atom. The van der Waals surface area contributed by atoms with Crippen LogP contribution in [0.5, 0.6) is 0 Å². The molecule has 0 saturated heterocycles. The molecule has 0 fully saturated rings. The Bertz CT molecular complexity index is 1430. The van der Waals surface area contributed by atoms with Gasteiger partial charge in [0, 0.05) is 37.1 Å². The first-order valence-corrected chi connectivity index (χ1v) is 13.6. The van der Waals surface area contributed by atoms with Crippen LogP contribution in [0.4, 0.5) is 0 Å². The minimum atomic E-state index is -1.22. The normalized spacial score (nSPS) is 15.1. The molecule has 2 aromatic carbocycles. The summed E-state index contributed by atoms with van der Waals surface area (Å²) in [5, 5.41) is 19.2. The van der Waals surface area contributed by atoms with Crippen molar-refractivity contribution >= 4 is 40.5 Å². The van der Waals surface area contributed by atoms with E-state index < -0.39 is 41.8 Å². The second-order valence-corrected chi connectivity index (χ2v) is 10.6. The van der Waals surface area contributed by atoms with E-state index in [4.69, 9.17) is 0 Å². The van der Waals surface area contributed by atoms with Gasteiger partial charge in [0.25, 0.3) is 11.8 Å². The number of imide groups is 1. The van der Waals surface area contributed by atoms with Crippen LogP contribution >= 0.6 is 0 Å². The standard InChI is InChI=1S/C30H35N5O6/c1-17(2)14-24(27(37)34-25(26(36)31-3)15-18-16-32-22-11-7-6-8-19(18)22)33-23(30(40)41)12-13-35-28(38)20-9-4-5-10-21(20)29(35)39/h4-11,16-17,23-25,32-33H,12-15H2,1-3H3,(H,31,36)(H,34,37)(H,40,41)/t23?,24-,25-/m0/s1. The lowest BCUT2D eigenvalue weighted by Gasteiger charge is -2.27. The van der Waals surface area contributed by atoms with Gasteiger partial charge in [-0.1, -0.05) is 44.2 Å². The van der Waals surface area contributed by atoms with E-state index in [1.54, 1.807) is 30.5 Å². The smallest absolute Gasteiger partial charge is 0.320 e. The van der Waals surface area contributed by atoms with Crippen LogP contribution < -0.4 is 16.0 Å². The van der Waals surface area contributed by atoms with E-state index >= 15 is 0 Å². The Morgan fingerprint density at radius 3 is 2.15 bits per heavy atom. The van der Waals surface area contributed by atoms with Crippen molar-refractivity contribution in [3.05, 3.63) is 71.4 Å². The number of aromatic amines is 1. The molecule has 1 aliphatic rings. The van der Waals surface area contributed by atoms with Gasteiger partial charge in [-0.15, -0.1) is 0 Å². The van der Waals surface area contributed by atoms with Crippen molar-refractivity contribution in [3.8, 4) is 0 Å². The predicted octanol–water partition coefficient (Wildman–Crippen LogP) is 2.09. The van der Waals surface area contributed by atoms with E-state index in [2.05, 4.69) is 20.9 Å². The van der Waals surface area contributed by atoms with Crippen LogP contribution in [0.3, 0.4) is 0 Å². The molecule has 1 unspecified atom stereocenters. The van der Waals surface area contributed by atoms with Gasteiger partial charge >= 0.3 is 5.97 Å². The average Bonchev–Trinajstić information content (AvgIpc) is 3.47. The Kier molecular flexibility index (Phi) is 9.18. The number of carboxylic acid groups (broad SMARTS) is 1. The SMILES string of the molecule is CNC(=O)[C@H](Cc1c[nH]c2ccccc12)NC(=O)[C@H](CC(C)C)NC(CCN1C(=O)c2ccccc2C1=O)C(=O)O. The van der Waals surface area contributed by atoms with E-state index in [0.717, 1.165) is 21.4 Å². The molecule has 4 amide bonds. The van der Waals surface area contributed by atoms with Crippen LogP contribution in [0, 0.1) is 5.92 Å². The van der Waals surface area contributed by atoms with Crippen LogP contribution in [0.15, 0.2) is 54.7 Å². The van der Waals surface area contributed by atoms with E-state index in [0.29, 0.717) is 6.42 Å². The zero-order valence-electron chi connectivity index (χ0n) is 23.3. The van der Waals surface area contributed by atoms with E-state index in [1.807, 2.05) is 38.1 Å². The number of rotatable bonds is 13. The molecule has 4 rings (SSSR count). The number of hydrogen-bond acceptors (Lipinski definition) is 6. The van der Waals surface area contributed by atoms with Crippen molar-refractivity contribution in [1.82, 2.24) is 25.8 Å². The lowest BCUT2D eigenvalue weighted by molar-refractivity contribution is -0.140. The molecule has 216 valence electrons. The summed E-state index contributed by atoms with van der Waals surface area (Å²) < 4.78 is 0. The van der Waals surface area contributed by atoms with Crippen molar-refractivity contribution in [2.75, 3.05) is 13.6 Å². The number of aliphatic carboxylic acids is 1. The number of carbonyl (C=O) groups is 5. The molecule has 11 heteroatoms. The topological polar surface area (TPSA) is 161 Å². The Morgan fingerprint density at radius 1 is 0.902 bits per heavy atom. The minimum Gasteiger partial charge on any atom is -0.480 e. The number of para-hydroxylation sites is 1. The third-order valence-corrected chi connectivity index (χ3v) is 7.22. The molecule has 0 radical (unpaired) electrons. The van der Waals surface area contributed by atoms with Crippen molar-refractivity contribution in [1.29, 1.82) is 0 Å². The highest BCUT2D eigenvalue weighted by atomic mass is 16.4. The second-order valence-electron chi connectivity index (χ2n) is 10.6. The van der Waals surface area contributed by atoms with Gasteiger partial charge in [-0.05, 0) is 42.5 Å². The van der Waals surface area contributed by atoms with Gasteiger partial charge in [0.1, 0.15) is 12.1 Å². The number of likely N-dealkylation sites (N-methyl/N-ethyl adjacent to an activating group) is 1. The summed E-state index contributed by atoms with van der Waals surface area (Å²) in [6, 6.07) is 11.0. The van der Waals surface area contributed by atoms with Crippen LogP contribution in [-0.4, -0.2) is 76.3 Å². The number of H-pyrrole nitrogens is 1. The number of amides is 4. The van der Waals surface area contributed by atoms with Crippen molar-refractivity contribution in [3.63, 3.8) is 0 Å². The molecular formula is C30H35N5O6. The molecule has 1 aromatic heterocycles. The maximum atomic E-state index is 13.5. The maximum Gasteiger partial charge on any atom is 0.320 e. The van der Waals surface area contributed by atoms with Gasteiger partial charge < -0.3 is 20.7 Å². The Hall–Kier alpha value is -4.51. The van der Waals surface area contributed by atoms with Crippen LogP contribution in [0.25, 0.3) is 10.9 Å². The van der Waals surface area contributed by atoms with Gasteiger partial charge in [0.05, 0.1) is 17.2 Å². The summed E-state index contributed by atoms with van der Waals surface area (Å²) in [5.74, 6) is -3.04. The first-order valence-electron chi connectivity index (χ1n) is 13.6. The van der Waals surface area contributed by atoms with E-state index in [1.165, 1.54) is 7.05 Å². The van der Waals surface area contributed by atoms with Crippen LogP contribution in [0.1, 0.15) is 53.0 Å². The number of carbonyl (C=O) groups excluding carboxylic acids is 4. The largest absolute Gasteiger partial charge is 0.480 e. The lowest BCUT2D eigenvalue weighted by atomic mass is 9.99. The van der Waals surface area contributed by atoms with E-state index in [9.17, 15) is 29.1 Å². The number of carboxylic acids is 1. The van der Waals surface area contributed by atoms with Gasteiger partial charge in [-0.2, -0.15) is 0 Å². The fourth-order valence-electron chi connectivity index (χ4n) is 5.12. The maximum absolute atomic E-state index is 13.5. The molecule has 0 spiro atoms. The number of hydrogen-bond donors (Lipinski definition) is 5. The van der Waals surface area contributed by atoms with Crippen molar-refractivity contribution in [2.45, 2.75) is 51.2 Å². The molecule has 0 aliphatic carbocycles. The summed E-state index contributed by atoms with van der Waals surface area (Å²) in [5.41, 5.74) is 2.33. The highest BCUT2D eigenvalue weighted by Gasteiger charge is 2.36. The lowest BCUT2D eigenvalue weighted by Crippen LogP contribution is -2.56. The fraction of sp³-hybridized carbons (Fsp3) is 0.367. The molecule has 3 aromatic rings. The second kappa shape index (κ2) is 12.8. The summed E-state index contributed by atoms with van der Waals surface area (Å²) >= 11 is 0. The van der Waals surface area contributed by atoms with Gasteiger partial charge in [0.15, 0.2) is 0 Å². The molecule has 3 atom stereocenters. The number of fused-ring (bicyclic) bond motifs is 2. The highest BCUT2D eigenvalue weighted by molar-refractivity contribution is 6.21. The van der Waals surface area contributed by atoms with Gasteiger partial charge in [0.2, 0.25) is 11.8 Å². The molecule has 1 aliphatic heterocycles. The molecular weight excluding hydrogens is 526 g/mol. The summed E-state index contributed by atoms with van der Waals surface area (Å²) in [6.07, 6.45) is 2.23. The molecule has 0 saturated carbocycles. The summed E-state index contributed by atoms with van der Waals surface area (Å²) in [7, 11) is 1.49. The summed E-state index contributed by atoms with van der Waals surface area (Å²) in [6.45, 7) is 3.67. The van der Waals surface area contributed by atoms with Gasteiger partial charge in [-0.3, -0.25) is 34.2 Å². The third kappa shape index (κ3) is 6.63. The number of nitrogens with one attached hydrogen (secondary N) is 4. The zero-order valence-corrected chi connectivity index (χ0v) is 23.3. The van der Waals surface area contributed by atoms with E-state index in [-0.39, 0.29) is 42.3 Å². The molecule has 41 heavy (non-hydrogen) atoms. The number of aromatic nitrogens is 1. The van der Waals surface area contributed by atoms with Crippen LogP contribution in [-0.2, 0) is 20.8 Å². The highest BCUT2D eigenvalue weighted by Crippen LogP contribution is 2.23. The molecule has 5 N–H and O–H groups in total. The fourth-order valence-corrected chi connectivity index (χ4v) is 5.12. The molecule has 11 nitrogen and oxygen atoms in total. The van der Waals surface area contributed by atoms with Crippen molar-refractivity contribution in [2.24, 2.45) is 5.92 Å². The Balaban J connectivity index is 1.47. The third-order valence-electron chi connectivity index (χ3n) is 7.22. The quantitative estimate of drug-likeness (QED) is 0.200. The van der Waals surface area contributed by atoms with Crippen LogP contribution in [0.2, 0.25) is 0 Å². The number of nitrogens with zero attached hydrogens (tertiary/aromatic N) is 1. The Labute approximate surface area is 237 Å². The molecule has 0 bridgehead atoms. The average molecular weight is 562 g/mol. The van der Waals surface area contributed by atoms with Gasteiger partial charge in [-0.25, -0.2) is 0 Å². The summed E-state index contributed by atoms with van der Waals surface area (Å²) in [4.78, 5) is 68.1. The zero-order chi connectivity index (χ0) is 29.7. The van der Waals surface area contributed by atoms with Crippen molar-refractivity contribution < 1.29 is 29.1 Å². The predicted molar refractivity (Wildman–Crippen MR) is 152 cm³/mol. The first-order chi connectivity index (χ1) is 19.6. The monoisotopic (exact) mass is 561 g/mol. The first kappa shape index (κ1) is 29.5. The minimum absolute atomic E-state index is 0.0241.